The van der Waals surface area contributed by atoms with Crippen LogP contribution in [0.15, 0.2) is 41.0 Å². The van der Waals surface area contributed by atoms with Gasteiger partial charge < -0.3 is 23.9 Å². The molecule has 1 aromatic heterocycles. The summed E-state index contributed by atoms with van der Waals surface area (Å²) in [5.74, 6) is -0.135. The van der Waals surface area contributed by atoms with Crippen LogP contribution in [0.4, 0.5) is 5.69 Å². The van der Waals surface area contributed by atoms with Gasteiger partial charge in [-0.15, -0.1) is 0 Å². The number of rotatable bonds is 6. The lowest BCUT2D eigenvalue weighted by Gasteiger charge is -2.11. The van der Waals surface area contributed by atoms with Crippen molar-refractivity contribution in [2.45, 2.75) is 0 Å². The summed E-state index contributed by atoms with van der Waals surface area (Å²) in [5.41, 5.74) is 0.447. The number of furan rings is 1. The number of anilines is 1. The molecule has 0 spiro atoms. The second-order valence-corrected chi connectivity index (χ2v) is 4.17. The number of ether oxygens (including phenoxy) is 3. The normalized spacial score (nSPS) is 9.91. The summed E-state index contributed by atoms with van der Waals surface area (Å²) >= 11 is 0. The number of amides is 1. The molecule has 1 aromatic carbocycles. The molecule has 0 unspecified atom stereocenters. The van der Waals surface area contributed by atoms with Crippen LogP contribution >= 0.6 is 0 Å². The summed E-state index contributed by atoms with van der Waals surface area (Å²) in [6.45, 7) is -0.436. The zero-order valence-electron chi connectivity index (χ0n) is 12.1. The first-order valence-corrected chi connectivity index (χ1v) is 6.36. The summed E-state index contributed by atoms with van der Waals surface area (Å²) < 4.78 is 19.9. The summed E-state index contributed by atoms with van der Waals surface area (Å²) in [6.07, 6.45) is 1.35. The highest BCUT2D eigenvalue weighted by Gasteiger charge is 2.14. The molecule has 1 amide bonds. The van der Waals surface area contributed by atoms with E-state index in [1.165, 1.54) is 26.5 Å². The Morgan fingerprint density at radius 1 is 1.18 bits per heavy atom. The zero-order chi connectivity index (χ0) is 15.9. The molecule has 7 nitrogen and oxygen atoms in total. The highest BCUT2D eigenvalue weighted by molar-refractivity contribution is 5.95. The Bertz CT molecular complexity index is 650. The third-order valence-corrected chi connectivity index (χ3v) is 2.74. The van der Waals surface area contributed by atoms with E-state index in [1.54, 1.807) is 24.3 Å². The van der Waals surface area contributed by atoms with Gasteiger partial charge in [0.25, 0.3) is 5.91 Å². The van der Waals surface area contributed by atoms with Crippen LogP contribution in [0, 0.1) is 0 Å². The molecule has 0 aliphatic heterocycles. The molecule has 1 N–H and O–H groups in total. The van der Waals surface area contributed by atoms with E-state index >= 15 is 0 Å². The van der Waals surface area contributed by atoms with Crippen LogP contribution in [-0.4, -0.2) is 32.7 Å². The standard InChI is InChI=1S/C15H15NO6/c1-19-10-5-6-11(13(8-10)20-2)16-14(17)9-22-15(18)12-4-3-7-21-12/h3-8H,9H2,1-2H3,(H,16,17). The molecule has 2 aromatic rings. The van der Waals surface area contributed by atoms with Crippen molar-refractivity contribution in [1.29, 1.82) is 0 Å². The lowest BCUT2D eigenvalue weighted by atomic mass is 10.2. The van der Waals surface area contributed by atoms with Crippen molar-refractivity contribution in [3.8, 4) is 11.5 Å². The number of carbonyl (C=O) groups excluding carboxylic acids is 2. The summed E-state index contributed by atoms with van der Waals surface area (Å²) in [4.78, 5) is 23.3. The molecular formula is C15H15NO6. The molecule has 0 bridgehead atoms. The lowest BCUT2D eigenvalue weighted by Crippen LogP contribution is -2.21. The Morgan fingerprint density at radius 3 is 2.64 bits per heavy atom. The van der Waals surface area contributed by atoms with Gasteiger partial charge in [0.2, 0.25) is 5.76 Å². The third kappa shape index (κ3) is 3.78. The maximum absolute atomic E-state index is 11.8. The maximum Gasteiger partial charge on any atom is 0.374 e. The van der Waals surface area contributed by atoms with Crippen molar-refractivity contribution in [2.24, 2.45) is 0 Å². The molecule has 2 rings (SSSR count). The smallest absolute Gasteiger partial charge is 0.374 e. The largest absolute Gasteiger partial charge is 0.497 e. The van der Waals surface area contributed by atoms with Gasteiger partial charge in [-0.05, 0) is 24.3 Å². The summed E-state index contributed by atoms with van der Waals surface area (Å²) in [5, 5.41) is 2.59. The molecule has 0 aliphatic carbocycles. The van der Waals surface area contributed by atoms with Crippen LogP contribution in [0.1, 0.15) is 10.6 Å². The fourth-order valence-electron chi connectivity index (χ4n) is 1.69. The molecule has 0 aliphatic rings. The number of hydrogen-bond acceptors (Lipinski definition) is 6. The van der Waals surface area contributed by atoms with E-state index in [9.17, 15) is 9.59 Å². The van der Waals surface area contributed by atoms with Crippen LogP contribution < -0.4 is 14.8 Å². The molecule has 116 valence electrons. The van der Waals surface area contributed by atoms with Gasteiger partial charge in [-0.3, -0.25) is 4.79 Å². The first-order valence-electron chi connectivity index (χ1n) is 6.36. The number of esters is 1. The Kier molecular flexibility index (Phi) is 5.02. The van der Waals surface area contributed by atoms with Crippen molar-refractivity contribution >= 4 is 17.6 Å². The average Bonchev–Trinajstić information content (AvgIpc) is 3.07. The van der Waals surface area contributed by atoms with E-state index in [1.807, 2.05) is 0 Å². The number of hydrogen-bond donors (Lipinski definition) is 1. The quantitative estimate of drug-likeness (QED) is 0.822. The van der Waals surface area contributed by atoms with Crippen LogP contribution in [0.3, 0.4) is 0 Å². The maximum atomic E-state index is 11.8. The van der Waals surface area contributed by atoms with Crippen LogP contribution in [0.2, 0.25) is 0 Å². The van der Waals surface area contributed by atoms with E-state index in [4.69, 9.17) is 18.6 Å². The van der Waals surface area contributed by atoms with Crippen LogP contribution in [0.5, 0.6) is 11.5 Å². The number of benzene rings is 1. The molecule has 1 heterocycles. The number of carbonyl (C=O) groups is 2. The van der Waals surface area contributed by atoms with Crippen LogP contribution in [-0.2, 0) is 9.53 Å². The Labute approximate surface area is 126 Å². The second-order valence-electron chi connectivity index (χ2n) is 4.17. The zero-order valence-corrected chi connectivity index (χ0v) is 12.1. The first-order chi connectivity index (χ1) is 10.6. The van der Waals surface area contributed by atoms with Gasteiger partial charge in [-0.2, -0.15) is 0 Å². The minimum Gasteiger partial charge on any atom is -0.497 e. The Balaban J connectivity index is 1.93. The fourth-order valence-corrected chi connectivity index (χ4v) is 1.69. The predicted octanol–water partition coefficient (Wildman–Crippen LogP) is 2.09. The molecule has 7 heteroatoms. The van der Waals surface area contributed by atoms with E-state index in [0.29, 0.717) is 17.2 Å². The summed E-state index contributed by atoms with van der Waals surface area (Å²) in [6, 6.07) is 7.94. The second kappa shape index (κ2) is 7.16. The monoisotopic (exact) mass is 305 g/mol. The minimum atomic E-state index is -0.707. The molecule has 0 saturated heterocycles. The van der Waals surface area contributed by atoms with Gasteiger partial charge in [0.15, 0.2) is 6.61 Å². The first kappa shape index (κ1) is 15.4. The fraction of sp³-hybridized carbons (Fsp3) is 0.200. The Morgan fingerprint density at radius 2 is 2.00 bits per heavy atom. The molecule has 22 heavy (non-hydrogen) atoms. The van der Waals surface area contributed by atoms with Gasteiger partial charge in [-0.1, -0.05) is 0 Å². The van der Waals surface area contributed by atoms with Gasteiger partial charge in [0.1, 0.15) is 11.5 Å². The van der Waals surface area contributed by atoms with Gasteiger partial charge in [0, 0.05) is 6.07 Å². The van der Waals surface area contributed by atoms with Gasteiger partial charge >= 0.3 is 5.97 Å². The molecule has 0 fully saturated rings. The van der Waals surface area contributed by atoms with Crippen molar-refractivity contribution in [2.75, 3.05) is 26.1 Å². The molecule has 0 radical (unpaired) electrons. The highest BCUT2D eigenvalue weighted by Crippen LogP contribution is 2.28. The lowest BCUT2D eigenvalue weighted by molar-refractivity contribution is -0.119. The van der Waals surface area contributed by atoms with Crippen LogP contribution in [0.25, 0.3) is 0 Å². The minimum absolute atomic E-state index is 0.0369. The number of methoxy groups -OCH3 is 2. The van der Waals surface area contributed by atoms with E-state index in [0.717, 1.165) is 0 Å². The van der Waals surface area contributed by atoms with E-state index in [2.05, 4.69) is 5.32 Å². The van der Waals surface area contributed by atoms with Crippen molar-refractivity contribution < 1.29 is 28.2 Å². The van der Waals surface area contributed by atoms with Gasteiger partial charge in [-0.25, -0.2) is 4.79 Å². The topological polar surface area (TPSA) is 87.0 Å². The van der Waals surface area contributed by atoms with Crippen molar-refractivity contribution in [3.05, 3.63) is 42.4 Å². The SMILES string of the molecule is COc1ccc(NC(=O)COC(=O)c2ccco2)c(OC)c1. The molecular weight excluding hydrogens is 290 g/mol. The summed E-state index contributed by atoms with van der Waals surface area (Å²) in [7, 11) is 3.00. The van der Waals surface area contributed by atoms with E-state index in [-0.39, 0.29) is 5.76 Å². The molecule has 0 saturated carbocycles. The molecule has 0 atom stereocenters. The number of nitrogens with one attached hydrogen (secondary N) is 1. The third-order valence-electron chi connectivity index (χ3n) is 2.74. The van der Waals surface area contributed by atoms with Crippen molar-refractivity contribution in [1.82, 2.24) is 0 Å². The average molecular weight is 305 g/mol. The van der Waals surface area contributed by atoms with E-state index < -0.39 is 18.5 Å². The van der Waals surface area contributed by atoms with Gasteiger partial charge in [0.05, 0.1) is 26.2 Å². The Hall–Kier alpha value is -2.96. The predicted molar refractivity (Wildman–Crippen MR) is 77.2 cm³/mol. The van der Waals surface area contributed by atoms with Crippen molar-refractivity contribution in [3.63, 3.8) is 0 Å². The highest BCUT2D eigenvalue weighted by atomic mass is 16.5.